The Labute approximate surface area is 154 Å². The molecule has 0 heterocycles. The number of carbonyl (C=O) groups excluding carboxylic acids is 1. The average Bonchev–Trinajstić information content (AvgIpc) is 2.58. The zero-order valence-corrected chi connectivity index (χ0v) is 16.5. The van der Waals surface area contributed by atoms with Crippen molar-refractivity contribution in [2.45, 2.75) is 25.7 Å². The highest BCUT2D eigenvalue weighted by molar-refractivity contribution is 7.89. The molecule has 0 aliphatic carbocycles. The van der Waals surface area contributed by atoms with Gasteiger partial charge in [0.15, 0.2) is 0 Å². The Balaban J connectivity index is 2.22. The average molecular weight is 376 g/mol. The standard InChI is InChI=1S/C19H24N2O4S/c1-13-9-10-16(25-5)17(11-13)26(23,24)21(4)12-18(22)20-19-14(2)7-6-8-15(19)3/h6-11H,12H2,1-5H3,(H,20,22). The highest BCUT2D eigenvalue weighted by Gasteiger charge is 2.26. The predicted molar refractivity (Wildman–Crippen MR) is 102 cm³/mol. The maximum Gasteiger partial charge on any atom is 0.246 e. The topological polar surface area (TPSA) is 75.7 Å². The van der Waals surface area contributed by atoms with Crippen molar-refractivity contribution >= 4 is 21.6 Å². The minimum absolute atomic E-state index is 0.0439. The van der Waals surface area contributed by atoms with Crippen molar-refractivity contribution in [1.82, 2.24) is 4.31 Å². The van der Waals surface area contributed by atoms with Gasteiger partial charge in [0.1, 0.15) is 10.6 Å². The van der Waals surface area contributed by atoms with Crippen LogP contribution in [0.1, 0.15) is 16.7 Å². The Bertz CT molecular complexity index is 903. The SMILES string of the molecule is COc1ccc(C)cc1S(=O)(=O)N(C)CC(=O)Nc1c(C)cccc1C. The summed E-state index contributed by atoms with van der Waals surface area (Å²) in [5.41, 5.74) is 3.34. The van der Waals surface area contributed by atoms with Crippen LogP contribution in [-0.4, -0.2) is 39.3 Å². The third kappa shape index (κ3) is 4.23. The Morgan fingerprint density at radius 1 is 1.12 bits per heavy atom. The predicted octanol–water partition coefficient (Wildman–Crippen LogP) is 2.88. The lowest BCUT2D eigenvalue weighted by atomic mass is 10.1. The van der Waals surface area contributed by atoms with Gasteiger partial charge in [0, 0.05) is 12.7 Å². The molecule has 2 rings (SSSR count). The van der Waals surface area contributed by atoms with E-state index in [-0.39, 0.29) is 17.2 Å². The van der Waals surface area contributed by atoms with Crippen LogP contribution < -0.4 is 10.1 Å². The van der Waals surface area contributed by atoms with Gasteiger partial charge in [0.25, 0.3) is 0 Å². The summed E-state index contributed by atoms with van der Waals surface area (Å²) in [6.07, 6.45) is 0. The normalized spacial score (nSPS) is 11.5. The first kappa shape index (κ1) is 19.9. The van der Waals surface area contributed by atoms with E-state index in [2.05, 4.69) is 5.32 Å². The van der Waals surface area contributed by atoms with E-state index < -0.39 is 15.9 Å². The lowest BCUT2D eigenvalue weighted by Crippen LogP contribution is -2.35. The molecule has 7 heteroatoms. The molecule has 0 atom stereocenters. The molecule has 0 saturated heterocycles. The molecule has 2 aromatic carbocycles. The summed E-state index contributed by atoms with van der Waals surface area (Å²) < 4.78 is 31.9. The first-order chi connectivity index (χ1) is 12.2. The van der Waals surface area contributed by atoms with Crippen molar-refractivity contribution in [1.29, 1.82) is 0 Å². The number of amides is 1. The lowest BCUT2D eigenvalue weighted by molar-refractivity contribution is -0.116. The number of anilines is 1. The molecule has 0 radical (unpaired) electrons. The molecular weight excluding hydrogens is 352 g/mol. The van der Waals surface area contributed by atoms with Crippen LogP contribution in [0.4, 0.5) is 5.69 Å². The molecule has 0 aliphatic rings. The van der Waals surface area contributed by atoms with Crippen LogP contribution in [0.5, 0.6) is 5.75 Å². The van der Waals surface area contributed by atoms with Crippen LogP contribution in [-0.2, 0) is 14.8 Å². The molecule has 0 spiro atoms. The van der Waals surface area contributed by atoms with Gasteiger partial charge in [-0.1, -0.05) is 24.3 Å². The number of nitrogens with zero attached hydrogens (tertiary/aromatic N) is 1. The minimum atomic E-state index is -3.86. The molecule has 1 amide bonds. The first-order valence-electron chi connectivity index (χ1n) is 8.14. The number of benzene rings is 2. The molecule has 0 bridgehead atoms. The smallest absolute Gasteiger partial charge is 0.246 e. The summed E-state index contributed by atoms with van der Waals surface area (Å²) in [6.45, 7) is 5.28. The summed E-state index contributed by atoms with van der Waals surface area (Å²) in [4.78, 5) is 12.4. The van der Waals surface area contributed by atoms with Gasteiger partial charge in [-0.05, 0) is 49.6 Å². The van der Waals surface area contributed by atoms with Crippen LogP contribution in [0.2, 0.25) is 0 Å². The highest BCUT2D eigenvalue weighted by Crippen LogP contribution is 2.27. The van der Waals surface area contributed by atoms with Gasteiger partial charge < -0.3 is 10.1 Å². The zero-order valence-electron chi connectivity index (χ0n) is 15.7. The van der Waals surface area contributed by atoms with E-state index >= 15 is 0 Å². The van der Waals surface area contributed by atoms with Crippen molar-refractivity contribution in [2.75, 3.05) is 26.0 Å². The quantitative estimate of drug-likeness (QED) is 0.841. The van der Waals surface area contributed by atoms with Gasteiger partial charge in [-0.25, -0.2) is 8.42 Å². The second-order valence-electron chi connectivity index (χ2n) is 6.23. The van der Waals surface area contributed by atoms with E-state index in [1.807, 2.05) is 32.0 Å². The van der Waals surface area contributed by atoms with E-state index in [0.717, 1.165) is 21.0 Å². The first-order valence-corrected chi connectivity index (χ1v) is 9.58. The maximum absolute atomic E-state index is 12.9. The molecule has 140 valence electrons. The largest absolute Gasteiger partial charge is 0.495 e. The van der Waals surface area contributed by atoms with E-state index in [9.17, 15) is 13.2 Å². The van der Waals surface area contributed by atoms with Gasteiger partial charge in [-0.15, -0.1) is 0 Å². The molecule has 0 aromatic heterocycles. The summed E-state index contributed by atoms with van der Waals surface area (Å²) in [5.74, 6) is -0.155. The van der Waals surface area contributed by atoms with Gasteiger partial charge in [-0.3, -0.25) is 4.79 Å². The number of nitrogens with one attached hydrogen (secondary N) is 1. The number of sulfonamides is 1. The fourth-order valence-corrected chi connectivity index (χ4v) is 3.99. The Kier molecular flexibility index (Phi) is 6.05. The van der Waals surface area contributed by atoms with Crippen LogP contribution in [0.3, 0.4) is 0 Å². The Morgan fingerprint density at radius 2 is 1.73 bits per heavy atom. The summed E-state index contributed by atoms with van der Waals surface area (Å²) in [5, 5.41) is 2.80. The number of aryl methyl sites for hydroxylation is 3. The third-order valence-electron chi connectivity index (χ3n) is 4.12. The monoisotopic (exact) mass is 376 g/mol. The van der Waals surface area contributed by atoms with Crippen molar-refractivity contribution < 1.29 is 17.9 Å². The minimum Gasteiger partial charge on any atom is -0.495 e. The van der Waals surface area contributed by atoms with E-state index in [0.29, 0.717) is 5.69 Å². The number of likely N-dealkylation sites (N-methyl/N-ethyl adjacent to an activating group) is 1. The molecule has 0 unspecified atom stereocenters. The van der Waals surface area contributed by atoms with Gasteiger partial charge in [0.05, 0.1) is 13.7 Å². The van der Waals surface area contributed by atoms with Gasteiger partial charge >= 0.3 is 0 Å². The molecule has 0 saturated carbocycles. The van der Waals surface area contributed by atoms with Crippen molar-refractivity contribution in [2.24, 2.45) is 0 Å². The van der Waals surface area contributed by atoms with Crippen molar-refractivity contribution in [3.63, 3.8) is 0 Å². The van der Waals surface area contributed by atoms with E-state index in [1.54, 1.807) is 19.1 Å². The number of ether oxygens (including phenoxy) is 1. The Hall–Kier alpha value is -2.38. The van der Waals surface area contributed by atoms with E-state index in [4.69, 9.17) is 4.74 Å². The third-order valence-corrected chi connectivity index (χ3v) is 5.94. The number of rotatable bonds is 6. The number of hydrogen-bond acceptors (Lipinski definition) is 4. The summed E-state index contributed by atoms with van der Waals surface area (Å²) in [7, 11) is -1.07. The molecule has 0 aliphatic heterocycles. The number of hydrogen-bond donors (Lipinski definition) is 1. The fraction of sp³-hybridized carbons (Fsp3) is 0.316. The molecule has 6 nitrogen and oxygen atoms in total. The number of carbonyl (C=O) groups is 1. The Morgan fingerprint density at radius 3 is 2.31 bits per heavy atom. The van der Waals surface area contributed by atoms with Crippen LogP contribution in [0, 0.1) is 20.8 Å². The van der Waals surface area contributed by atoms with E-state index in [1.165, 1.54) is 20.2 Å². The van der Waals surface area contributed by atoms with Crippen molar-refractivity contribution in [3.8, 4) is 5.75 Å². The fourth-order valence-electron chi connectivity index (χ4n) is 2.63. The molecular formula is C19H24N2O4S. The van der Waals surface area contributed by atoms with Crippen molar-refractivity contribution in [3.05, 3.63) is 53.1 Å². The second-order valence-corrected chi connectivity index (χ2v) is 8.24. The number of para-hydroxylation sites is 1. The van der Waals surface area contributed by atoms with Gasteiger partial charge in [-0.2, -0.15) is 4.31 Å². The molecule has 1 N–H and O–H groups in total. The highest BCUT2D eigenvalue weighted by atomic mass is 32.2. The number of methoxy groups -OCH3 is 1. The van der Waals surface area contributed by atoms with Gasteiger partial charge in [0.2, 0.25) is 15.9 Å². The zero-order chi connectivity index (χ0) is 19.5. The molecule has 2 aromatic rings. The molecule has 26 heavy (non-hydrogen) atoms. The second kappa shape index (κ2) is 7.88. The maximum atomic E-state index is 12.9. The van der Waals surface area contributed by atoms with Crippen LogP contribution >= 0.6 is 0 Å². The summed E-state index contributed by atoms with van der Waals surface area (Å²) in [6, 6.07) is 10.6. The molecule has 0 fully saturated rings. The lowest BCUT2D eigenvalue weighted by Gasteiger charge is -2.19. The van der Waals surface area contributed by atoms with Crippen LogP contribution in [0.15, 0.2) is 41.3 Å². The van der Waals surface area contributed by atoms with Crippen LogP contribution in [0.25, 0.3) is 0 Å². The summed E-state index contributed by atoms with van der Waals surface area (Å²) >= 11 is 0.